The van der Waals surface area contributed by atoms with Gasteiger partial charge in [-0.15, -0.1) is 5.10 Å². The van der Waals surface area contributed by atoms with Gasteiger partial charge in [0.15, 0.2) is 5.76 Å². The minimum atomic E-state index is -0.454. The van der Waals surface area contributed by atoms with Gasteiger partial charge in [-0.1, -0.05) is 53.8 Å². The fourth-order valence-electron chi connectivity index (χ4n) is 4.38. The highest BCUT2D eigenvalue weighted by Crippen LogP contribution is 2.42. The lowest BCUT2D eigenvalue weighted by Gasteiger charge is -2.35. The number of thiazole rings is 1. The molecule has 0 fully saturated rings. The fourth-order valence-corrected chi connectivity index (χ4v) is 5.48. The normalized spacial score (nSPS) is 15.2. The Hall–Kier alpha value is -3.49. The third kappa shape index (κ3) is 3.11. The molecule has 8 heteroatoms. The Bertz CT molecular complexity index is 1410. The first-order valence-electron chi connectivity index (χ1n) is 10.4. The van der Waals surface area contributed by atoms with Gasteiger partial charge in [-0.05, 0) is 35.7 Å². The molecule has 160 valence electrons. The number of fused-ring (bicyclic) bond motifs is 2. The number of aromatic hydroxyl groups is 1. The predicted octanol–water partition coefficient (Wildman–Crippen LogP) is 5.04. The van der Waals surface area contributed by atoms with Crippen LogP contribution < -0.4 is 0 Å². The third-order valence-electron chi connectivity index (χ3n) is 5.91. The lowest BCUT2D eigenvalue weighted by Crippen LogP contribution is -2.35. The van der Waals surface area contributed by atoms with Crippen LogP contribution in [0.1, 0.15) is 27.6 Å². The van der Waals surface area contributed by atoms with Gasteiger partial charge in [0.05, 0.1) is 17.2 Å². The zero-order valence-electron chi connectivity index (χ0n) is 17.0. The Balaban J connectivity index is 1.46. The van der Waals surface area contributed by atoms with Gasteiger partial charge >= 0.3 is 0 Å². The third-order valence-corrected chi connectivity index (χ3v) is 6.99. The number of aromatic nitrogens is 3. The number of halogens is 1. The quantitative estimate of drug-likeness (QED) is 0.419. The molecule has 5 aromatic rings. The summed E-state index contributed by atoms with van der Waals surface area (Å²) >= 11 is 1.32. The maximum atomic E-state index is 15.0. The monoisotopic (exact) mass is 446 g/mol. The molecule has 0 bridgehead atoms. The zero-order valence-corrected chi connectivity index (χ0v) is 17.8. The van der Waals surface area contributed by atoms with Crippen LogP contribution in [0, 0.1) is 5.82 Å². The van der Waals surface area contributed by atoms with Crippen molar-refractivity contribution in [2.75, 3.05) is 6.54 Å². The molecule has 0 spiro atoms. The summed E-state index contributed by atoms with van der Waals surface area (Å²) in [6.07, 6.45) is 2.42. The highest BCUT2D eigenvalue weighted by molar-refractivity contribution is 7.17. The number of nitrogens with zero attached hydrogens (tertiary/aromatic N) is 4. The van der Waals surface area contributed by atoms with Gasteiger partial charge in [0.25, 0.3) is 0 Å². The lowest BCUT2D eigenvalue weighted by atomic mass is 9.95. The number of rotatable bonds is 4. The second kappa shape index (κ2) is 7.58. The first kappa shape index (κ1) is 19.2. The second-order valence-electron chi connectivity index (χ2n) is 7.81. The molecule has 0 amide bonds. The smallest absolute Gasteiger partial charge is 0.230 e. The second-order valence-corrected chi connectivity index (χ2v) is 8.82. The van der Waals surface area contributed by atoms with Crippen LogP contribution in [0.25, 0.3) is 16.5 Å². The van der Waals surface area contributed by atoms with E-state index in [9.17, 15) is 9.50 Å². The summed E-state index contributed by atoms with van der Waals surface area (Å²) in [7, 11) is 0. The van der Waals surface area contributed by atoms with Crippen molar-refractivity contribution in [3.8, 4) is 17.5 Å². The standard InChI is InChI=1S/C24H19FN4O2S/c25-18-9-4-3-8-17(18)20(28-12-11-15-6-1-2-7-16(15)14-28)21-23(30)29-24(32-21)26-22(27-29)19-10-5-13-31-19/h1-10,13,20,30H,11-12,14H2/t20-/m1/s1. The molecule has 6 nitrogen and oxygen atoms in total. The summed E-state index contributed by atoms with van der Waals surface area (Å²) in [5, 5.41) is 15.6. The highest BCUT2D eigenvalue weighted by atomic mass is 32.1. The summed E-state index contributed by atoms with van der Waals surface area (Å²) in [6, 6.07) is 18.1. The molecule has 0 radical (unpaired) electrons. The predicted molar refractivity (Wildman–Crippen MR) is 119 cm³/mol. The molecule has 2 aromatic carbocycles. The SMILES string of the molecule is Oc1c([C@@H](c2ccccc2F)N2CCc3ccccc3C2)sc2nc(-c3ccco3)nn12. The summed E-state index contributed by atoms with van der Waals surface area (Å²) in [5.74, 6) is 0.603. The van der Waals surface area contributed by atoms with Gasteiger partial charge < -0.3 is 9.52 Å². The Labute approximate surface area is 187 Å². The van der Waals surface area contributed by atoms with Crippen LogP contribution in [0.4, 0.5) is 4.39 Å². The Kier molecular flexibility index (Phi) is 4.55. The summed E-state index contributed by atoms with van der Waals surface area (Å²) in [4.78, 5) is 7.88. The van der Waals surface area contributed by atoms with Crippen molar-refractivity contribution in [3.05, 3.63) is 94.3 Å². The molecule has 1 atom stereocenters. The van der Waals surface area contributed by atoms with E-state index >= 15 is 0 Å². The van der Waals surface area contributed by atoms with E-state index in [1.54, 1.807) is 30.5 Å². The molecule has 4 heterocycles. The van der Waals surface area contributed by atoms with Gasteiger partial charge in [-0.25, -0.2) is 4.39 Å². The van der Waals surface area contributed by atoms with E-state index in [2.05, 4.69) is 27.1 Å². The molecule has 6 rings (SSSR count). The fraction of sp³-hybridized carbons (Fsp3) is 0.167. The molecule has 0 unspecified atom stereocenters. The molecular formula is C24H19FN4O2S. The van der Waals surface area contributed by atoms with E-state index in [0.717, 1.165) is 13.0 Å². The molecule has 0 aliphatic carbocycles. The lowest BCUT2D eigenvalue weighted by molar-refractivity contribution is 0.202. The first-order chi connectivity index (χ1) is 15.7. The van der Waals surface area contributed by atoms with Crippen LogP contribution >= 0.6 is 11.3 Å². The van der Waals surface area contributed by atoms with E-state index in [4.69, 9.17) is 4.42 Å². The Morgan fingerprint density at radius 2 is 1.84 bits per heavy atom. The van der Waals surface area contributed by atoms with Crippen LogP contribution in [0.5, 0.6) is 5.88 Å². The molecule has 1 aliphatic rings. The molecular weight excluding hydrogens is 427 g/mol. The summed E-state index contributed by atoms with van der Waals surface area (Å²) in [5.41, 5.74) is 3.06. The van der Waals surface area contributed by atoms with Crippen LogP contribution in [0.15, 0.2) is 71.3 Å². The number of hydrogen-bond donors (Lipinski definition) is 1. The molecule has 0 saturated carbocycles. The van der Waals surface area contributed by atoms with Crippen LogP contribution in [-0.2, 0) is 13.0 Å². The maximum Gasteiger partial charge on any atom is 0.230 e. The average Bonchev–Trinajstić information content (AvgIpc) is 3.54. The zero-order chi connectivity index (χ0) is 21.7. The average molecular weight is 447 g/mol. The van der Waals surface area contributed by atoms with E-state index in [1.165, 1.54) is 33.0 Å². The number of hydrogen-bond acceptors (Lipinski definition) is 6. The summed E-state index contributed by atoms with van der Waals surface area (Å²) < 4.78 is 21.8. The van der Waals surface area contributed by atoms with Crippen LogP contribution in [0.3, 0.4) is 0 Å². The van der Waals surface area contributed by atoms with Gasteiger partial charge in [-0.3, -0.25) is 4.90 Å². The van der Waals surface area contributed by atoms with Gasteiger partial charge in [0.2, 0.25) is 16.7 Å². The van der Waals surface area contributed by atoms with Crippen molar-refractivity contribution in [3.63, 3.8) is 0 Å². The van der Waals surface area contributed by atoms with E-state index in [-0.39, 0.29) is 11.7 Å². The maximum absolute atomic E-state index is 15.0. The van der Waals surface area contributed by atoms with Gasteiger partial charge in [0, 0.05) is 18.7 Å². The number of furan rings is 1. The molecule has 3 aromatic heterocycles. The summed E-state index contributed by atoms with van der Waals surface area (Å²) in [6.45, 7) is 1.42. The Morgan fingerprint density at radius 3 is 2.62 bits per heavy atom. The topological polar surface area (TPSA) is 66.8 Å². The minimum Gasteiger partial charge on any atom is -0.492 e. The van der Waals surface area contributed by atoms with E-state index in [0.29, 0.717) is 33.5 Å². The van der Waals surface area contributed by atoms with Gasteiger partial charge in [0.1, 0.15) is 5.82 Å². The minimum absolute atomic E-state index is 0.0255. The molecule has 1 N–H and O–H groups in total. The van der Waals surface area contributed by atoms with Crippen molar-refractivity contribution < 1.29 is 13.9 Å². The van der Waals surface area contributed by atoms with Crippen molar-refractivity contribution in [1.29, 1.82) is 0 Å². The molecule has 32 heavy (non-hydrogen) atoms. The molecule has 0 saturated heterocycles. The van der Waals surface area contributed by atoms with Crippen molar-refractivity contribution >= 4 is 16.3 Å². The Morgan fingerprint density at radius 1 is 1.03 bits per heavy atom. The molecule has 1 aliphatic heterocycles. The number of benzene rings is 2. The first-order valence-corrected chi connectivity index (χ1v) is 11.2. The largest absolute Gasteiger partial charge is 0.492 e. The van der Waals surface area contributed by atoms with Crippen LogP contribution in [0.2, 0.25) is 0 Å². The highest BCUT2D eigenvalue weighted by Gasteiger charge is 2.33. The van der Waals surface area contributed by atoms with Crippen molar-refractivity contribution in [2.24, 2.45) is 0 Å². The van der Waals surface area contributed by atoms with Crippen molar-refractivity contribution in [1.82, 2.24) is 19.5 Å². The van der Waals surface area contributed by atoms with Crippen LogP contribution in [-0.4, -0.2) is 31.1 Å². The van der Waals surface area contributed by atoms with Gasteiger partial charge in [-0.2, -0.15) is 9.50 Å². The van der Waals surface area contributed by atoms with E-state index < -0.39 is 6.04 Å². The van der Waals surface area contributed by atoms with E-state index in [1.807, 2.05) is 18.2 Å². The van der Waals surface area contributed by atoms with Crippen molar-refractivity contribution in [2.45, 2.75) is 19.0 Å².